The first kappa shape index (κ1) is 14.0. The SMILES string of the molecule is Cc1nc(N2CCC(C(F)(F)F)CC2)ncc1CN. The number of piperidine rings is 1. The lowest BCUT2D eigenvalue weighted by molar-refractivity contribution is -0.179. The van der Waals surface area contributed by atoms with E-state index in [1.54, 1.807) is 11.1 Å². The molecule has 1 saturated heterocycles. The average molecular weight is 274 g/mol. The molecule has 0 bridgehead atoms. The molecule has 0 aromatic carbocycles. The summed E-state index contributed by atoms with van der Waals surface area (Å²) in [5, 5.41) is 0. The smallest absolute Gasteiger partial charge is 0.341 e. The molecule has 2 rings (SSSR count). The van der Waals surface area contributed by atoms with Crippen LogP contribution >= 0.6 is 0 Å². The highest BCUT2D eigenvalue weighted by atomic mass is 19.4. The van der Waals surface area contributed by atoms with Crippen molar-refractivity contribution in [1.29, 1.82) is 0 Å². The minimum Gasteiger partial charge on any atom is -0.341 e. The maximum atomic E-state index is 12.6. The van der Waals surface area contributed by atoms with E-state index in [0.29, 0.717) is 25.6 Å². The van der Waals surface area contributed by atoms with E-state index in [9.17, 15) is 13.2 Å². The molecule has 0 amide bonds. The molecule has 4 nitrogen and oxygen atoms in total. The average Bonchev–Trinajstić information content (AvgIpc) is 2.38. The van der Waals surface area contributed by atoms with Gasteiger partial charge in [0.1, 0.15) is 0 Å². The van der Waals surface area contributed by atoms with Gasteiger partial charge in [-0.05, 0) is 19.8 Å². The summed E-state index contributed by atoms with van der Waals surface area (Å²) in [6.45, 7) is 2.87. The molecule has 0 atom stereocenters. The Hall–Kier alpha value is -1.37. The van der Waals surface area contributed by atoms with Crippen LogP contribution in [0.25, 0.3) is 0 Å². The Morgan fingerprint density at radius 1 is 1.37 bits per heavy atom. The Morgan fingerprint density at radius 2 is 2.00 bits per heavy atom. The molecule has 0 unspecified atom stereocenters. The molecule has 106 valence electrons. The summed E-state index contributed by atoms with van der Waals surface area (Å²) in [6.07, 6.45) is -2.24. The summed E-state index contributed by atoms with van der Waals surface area (Å²) < 4.78 is 37.7. The molecule has 1 fully saturated rings. The van der Waals surface area contributed by atoms with Crippen LogP contribution in [0.15, 0.2) is 6.20 Å². The number of aryl methyl sites for hydroxylation is 1. The number of rotatable bonds is 2. The maximum Gasteiger partial charge on any atom is 0.391 e. The minimum atomic E-state index is -4.09. The van der Waals surface area contributed by atoms with E-state index in [-0.39, 0.29) is 12.8 Å². The Labute approximate surface area is 109 Å². The maximum absolute atomic E-state index is 12.6. The van der Waals surface area contributed by atoms with Crippen LogP contribution in [0.4, 0.5) is 19.1 Å². The molecule has 1 aromatic heterocycles. The van der Waals surface area contributed by atoms with E-state index < -0.39 is 12.1 Å². The van der Waals surface area contributed by atoms with Crippen molar-refractivity contribution in [2.75, 3.05) is 18.0 Å². The first-order valence-electron chi connectivity index (χ1n) is 6.26. The molecule has 19 heavy (non-hydrogen) atoms. The van der Waals surface area contributed by atoms with Crippen molar-refractivity contribution in [2.24, 2.45) is 11.7 Å². The number of halogens is 3. The highest BCUT2D eigenvalue weighted by Gasteiger charge is 2.41. The number of nitrogens with two attached hydrogens (primary N) is 1. The number of alkyl halides is 3. The van der Waals surface area contributed by atoms with Crippen LogP contribution in [0.5, 0.6) is 0 Å². The van der Waals surface area contributed by atoms with Gasteiger partial charge in [0.05, 0.1) is 5.92 Å². The van der Waals surface area contributed by atoms with Gasteiger partial charge in [0.25, 0.3) is 0 Å². The van der Waals surface area contributed by atoms with E-state index in [1.807, 2.05) is 6.92 Å². The zero-order chi connectivity index (χ0) is 14.0. The largest absolute Gasteiger partial charge is 0.391 e. The van der Waals surface area contributed by atoms with Gasteiger partial charge in [-0.1, -0.05) is 0 Å². The van der Waals surface area contributed by atoms with Crippen molar-refractivity contribution in [2.45, 2.75) is 32.5 Å². The van der Waals surface area contributed by atoms with E-state index in [4.69, 9.17) is 5.73 Å². The number of nitrogens with zero attached hydrogens (tertiary/aromatic N) is 3. The van der Waals surface area contributed by atoms with Crippen LogP contribution < -0.4 is 10.6 Å². The van der Waals surface area contributed by atoms with Crippen LogP contribution in [0, 0.1) is 12.8 Å². The topological polar surface area (TPSA) is 55.0 Å². The first-order valence-corrected chi connectivity index (χ1v) is 6.26. The quantitative estimate of drug-likeness (QED) is 0.896. The van der Waals surface area contributed by atoms with E-state index in [2.05, 4.69) is 9.97 Å². The summed E-state index contributed by atoms with van der Waals surface area (Å²) in [4.78, 5) is 10.3. The van der Waals surface area contributed by atoms with E-state index in [0.717, 1.165) is 11.3 Å². The second-order valence-corrected chi connectivity index (χ2v) is 4.79. The van der Waals surface area contributed by atoms with Gasteiger partial charge in [-0.3, -0.25) is 0 Å². The summed E-state index contributed by atoms with van der Waals surface area (Å²) in [5.41, 5.74) is 7.16. The van der Waals surface area contributed by atoms with Crippen LogP contribution in [-0.2, 0) is 6.54 Å². The molecule has 0 radical (unpaired) electrons. The molecule has 0 aliphatic carbocycles. The molecule has 1 aromatic rings. The minimum absolute atomic E-state index is 0.102. The second-order valence-electron chi connectivity index (χ2n) is 4.79. The second kappa shape index (κ2) is 5.32. The first-order chi connectivity index (χ1) is 8.91. The molecule has 2 N–H and O–H groups in total. The summed E-state index contributed by atoms with van der Waals surface area (Å²) in [5.74, 6) is -0.705. The number of aromatic nitrogens is 2. The highest BCUT2D eigenvalue weighted by Crippen LogP contribution is 2.34. The third kappa shape index (κ3) is 3.15. The third-order valence-corrected chi connectivity index (χ3v) is 3.53. The molecule has 0 saturated carbocycles. The molecule has 2 heterocycles. The fourth-order valence-electron chi connectivity index (χ4n) is 2.24. The van der Waals surface area contributed by atoms with Crippen LogP contribution in [0.1, 0.15) is 24.1 Å². The number of anilines is 1. The summed E-state index contributed by atoms with van der Waals surface area (Å²) in [6, 6.07) is 0. The van der Waals surface area contributed by atoms with E-state index in [1.165, 1.54) is 0 Å². The van der Waals surface area contributed by atoms with Gasteiger partial charge in [-0.25, -0.2) is 9.97 Å². The Bertz CT molecular complexity index is 439. The summed E-state index contributed by atoms with van der Waals surface area (Å²) in [7, 11) is 0. The van der Waals surface area contributed by atoms with Crippen LogP contribution in [-0.4, -0.2) is 29.2 Å². The lowest BCUT2D eigenvalue weighted by Crippen LogP contribution is -2.39. The zero-order valence-electron chi connectivity index (χ0n) is 10.7. The molecule has 1 aliphatic rings. The normalized spacial score (nSPS) is 17.8. The van der Waals surface area contributed by atoms with Gasteiger partial charge in [-0.15, -0.1) is 0 Å². The number of hydrogen-bond donors (Lipinski definition) is 1. The molecular weight excluding hydrogens is 257 g/mol. The van der Waals surface area contributed by atoms with Crippen molar-refractivity contribution >= 4 is 5.95 Å². The van der Waals surface area contributed by atoms with Crippen molar-refractivity contribution in [3.05, 3.63) is 17.5 Å². The van der Waals surface area contributed by atoms with Gasteiger partial charge in [0.2, 0.25) is 5.95 Å². The molecule has 1 aliphatic heterocycles. The molecule has 0 spiro atoms. The predicted octanol–water partition coefficient (Wildman–Crippen LogP) is 2.02. The van der Waals surface area contributed by atoms with Crippen molar-refractivity contribution in [3.8, 4) is 0 Å². The Morgan fingerprint density at radius 3 is 2.47 bits per heavy atom. The van der Waals surface area contributed by atoms with Crippen molar-refractivity contribution in [1.82, 2.24) is 9.97 Å². The monoisotopic (exact) mass is 274 g/mol. The van der Waals surface area contributed by atoms with Crippen molar-refractivity contribution < 1.29 is 13.2 Å². The zero-order valence-corrected chi connectivity index (χ0v) is 10.7. The lowest BCUT2D eigenvalue weighted by Gasteiger charge is -2.33. The fourth-order valence-corrected chi connectivity index (χ4v) is 2.24. The molecule has 7 heteroatoms. The van der Waals surface area contributed by atoms with Gasteiger partial charge < -0.3 is 10.6 Å². The number of hydrogen-bond acceptors (Lipinski definition) is 4. The van der Waals surface area contributed by atoms with Gasteiger partial charge >= 0.3 is 6.18 Å². The molecular formula is C12H17F3N4. The van der Waals surface area contributed by atoms with Crippen LogP contribution in [0.3, 0.4) is 0 Å². The van der Waals surface area contributed by atoms with Gasteiger partial charge in [0, 0.05) is 37.1 Å². The van der Waals surface area contributed by atoms with E-state index >= 15 is 0 Å². The third-order valence-electron chi connectivity index (χ3n) is 3.53. The van der Waals surface area contributed by atoms with Gasteiger partial charge in [-0.2, -0.15) is 13.2 Å². The lowest BCUT2D eigenvalue weighted by atomic mass is 9.96. The fraction of sp³-hybridized carbons (Fsp3) is 0.667. The van der Waals surface area contributed by atoms with Crippen LogP contribution in [0.2, 0.25) is 0 Å². The van der Waals surface area contributed by atoms with Gasteiger partial charge in [0.15, 0.2) is 0 Å². The summed E-state index contributed by atoms with van der Waals surface area (Å²) >= 11 is 0. The standard InChI is InChI=1S/C12H17F3N4/c1-8-9(6-16)7-17-11(18-8)19-4-2-10(3-5-19)12(13,14)15/h7,10H,2-6,16H2,1H3. The highest BCUT2D eigenvalue weighted by molar-refractivity contribution is 5.33. The Kier molecular flexibility index (Phi) is 3.93. The van der Waals surface area contributed by atoms with Crippen molar-refractivity contribution in [3.63, 3.8) is 0 Å². The Balaban J connectivity index is 2.04. The predicted molar refractivity (Wildman–Crippen MR) is 65.7 cm³/mol.